The van der Waals surface area contributed by atoms with Crippen LogP contribution in [0.2, 0.25) is 0 Å². The summed E-state index contributed by atoms with van der Waals surface area (Å²) in [4.78, 5) is 11.8. The molecule has 1 saturated carbocycles. The second-order valence-corrected chi connectivity index (χ2v) is 4.65. The van der Waals surface area contributed by atoms with Gasteiger partial charge in [-0.25, -0.2) is 0 Å². The normalized spacial score (nSPS) is 28.9. The van der Waals surface area contributed by atoms with Crippen molar-refractivity contribution < 1.29 is 4.79 Å². The average molecular weight is 240 g/mol. The van der Waals surface area contributed by atoms with Gasteiger partial charge in [0.1, 0.15) is 5.78 Å². The summed E-state index contributed by atoms with van der Waals surface area (Å²) in [5.74, 6) is 0.318. The minimum Gasteiger partial charge on any atom is -0.327 e. The first-order valence-electron chi connectivity index (χ1n) is 5.46. The fourth-order valence-electron chi connectivity index (χ4n) is 2.35. The molecule has 2 nitrogen and oxygen atoms in total. The first-order chi connectivity index (χ1) is 7.13. The number of benzene rings is 1. The number of halogens is 1. The van der Waals surface area contributed by atoms with Crippen molar-refractivity contribution in [2.75, 3.05) is 0 Å². The third-order valence-electron chi connectivity index (χ3n) is 3.55. The Balaban J connectivity index is 0.00000128. The molecule has 1 aromatic rings. The molecule has 1 aromatic carbocycles. The van der Waals surface area contributed by atoms with Crippen molar-refractivity contribution in [1.82, 2.24) is 0 Å². The highest BCUT2D eigenvalue weighted by Gasteiger charge is 2.43. The van der Waals surface area contributed by atoms with Crippen LogP contribution in [0.5, 0.6) is 0 Å². The summed E-state index contributed by atoms with van der Waals surface area (Å²) in [6, 6.07) is 10.1. The summed E-state index contributed by atoms with van der Waals surface area (Å²) in [6.45, 7) is 2.00. The smallest absolute Gasteiger partial charge is 0.140 e. The zero-order valence-corrected chi connectivity index (χ0v) is 10.3. The Morgan fingerprint density at radius 2 is 2.00 bits per heavy atom. The van der Waals surface area contributed by atoms with E-state index < -0.39 is 0 Å². The van der Waals surface area contributed by atoms with Crippen LogP contribution in [0.3, 0.4) is 0 Å². The molecule has 1 fully saturated rings. The van der Waals surface area contributed by atoms with Crippen molar-refractivity contribution in [3.05, 3.63) is 35.9 Å². The van der Waals surface area contributed by atoms with Gasteiger partial charge in [-0.05, 0) is 18.4 Å². The van der Waals surface area contributed by atoms with Crippen LogP contribution in [0.1, 0.15) is 25.3 Å². The number of nitrogens with two attached hydrogens (primary N) is 1. The van der Waals surface area contributed by atoms with Crippen molar-refractivity contribution in [1.29, 1.82) is 0 Å². The first-order valence-corrected chi connectivity index (χ1v) is 5.46. The molecule has 16 heavy (non-hydrogen) atoms. The van der Waals surface area contributed by atoms with Crippen LogP contribution in [-0.2, 0) is 11.2 Å². The van der Waals surface area contributed by atoms with E-state index in [0.717, 1.165) is 12.8 Å². The number of ketones is 1. The summed E-state index contributed by atoms with van der Waals surface area (Å²) >= 11 is 0. The minimum absolute atomic E-state index is 0. The van der Waals surface area contributed by atoms with Crippen LogP contribution in [0.25, 0.3) is 0 Å². The van der Waals surface area contributed by atoms with Crippen LogP contribution >= 0.6 is 12.4 Å². The Bertz CT molecular complexity index is 365. The molecule has 2 atom stereocenters. The second-order valence-electron chi connectivity index (χ2n) is 4.65. The third-order valence-corrected chi connectivity index (χ3v) is 3.55. The molecule has 0 aromatic heterocycles. The van der Waals surface area contributed by atoms with Gasteiger partial charge in [-0.15, -0.1) is 12.4 Å². The lowest BCUT2D eigenvalue weighted by atomic mass is 9.78. The number of rotatable bonds is 2. The van der Waals surface area contributed by atoms with E-state index in [9.17, 15) is 4.79 Å². The molecule has 0 aliphatic heterocycles. The summed E-state index contributed by atoms with van der Waals surface area (Å²) in [7, 11) is 0. The van der Waals surface area contributed by atoms with Crippen molar-refractivity contribution in [2.24, 2.45) is 11.1 Å². The van der Waals surface area contributed by atoms with Gasteiger partial charge in [0.15, 0.2) is 0 Å². The van der Waals surface area contributed by atoms with Crippen molar-refractivity contribution in [3.8, 4) is 0 Å². The Kier molecular flexibility index (Phi) is 4.11. The number of carbonyl (C=O) groups is 1. The van der Waals surface area contributed by atoms with Gasteiger partial charge in [0.2, 0.25) is 0 Å². The first kappa shape index (κ1) is 13.2. The molecule has 1 aliphatic rings. The predicted octanol–water partition coefficient (Wildman–Crippen LogP) is 2.35. The molecule has 0 heterocycles. The molecule has 2 unspecified atom stereocenters. The van der Waals surface area contributed by atoms with Gasteiger partial charge in [-0.2, -0.15) is 0 Å². The van der Waals surface area contributed by atoms with Crippen LogP contribution in [0.4, 0.5) is 0 Å². The quantitative estimate of drug-likeness (QED) is 0.861. The summed E-state index contributed by atoms with van der Waals surface area (Å²) < 4.78 is 0. The van der Waals surface area contributed by atoms with E-state index in [-0.39, 0.29) is 23.9 Å². The monoisotopic (exact) mass is 239 g/mol. The minimum atomic E-state index is -0.346. The van der Waals surface area contributed by atoms with E-state index >= 15 is 0 Å². The molecule has 0 spiro atoms. The molecule has 0 amide bonds. The zero-order valence-electron chi connectivity index (χ0n) is 9.48. The SMILES string of the molecule is CC1(Cc2ccccc2)C(=O)CCC1N.Cl. The van der Waals surface area contributed by atoms with E-state index in [1.165, 1.54) is 5.56 Å². The van der Waals surface area contributed by atoms with Crippen molar-refractivity contribution in [3.63, 3.8) is 0 Å². The van der Waals surface area contributed by atoms with Gasteiger partial charge in [0.25, 0.3) is 0 Å². The molecule has 0 bridgehead atoms. The summed E-state index contributed by atoms with van der Waals surface area (Å²) in [6.07, 6.45) is 2.25. The lowest BCUT2D eigenvalue weighted by Gasteiger charge is -2.27. The van der Waals surface area contributed by atoms with E-state index in [0.29, 0.717) is 12.2 Å². The topological polar surface area (TPSA) is 43.1 Å². The Morgan fingerprint density at radius 1 is 1.38 bits per heavy atom. The Hall–Kier alpha value is -0.860. The molecular formula is C13H18ClNO. The summed E-state index contributed by atoms with van der Waals surface area (Å²) in [5, 5.41) is 0. The Morgan fingerprint density at radius 3 is 2.50 bits per heavy atom. The number of hydrogen-bond acceptors (Lipinski definition) is 2. The molecular weight excluding hydrogens is 222 g/mol. The van der Waals surface area contributed by atoms with Crippen LogP contribution < -0.4 is 5.73 Å². The fraction of sp³-hybridized carbons (Fsp3) is 0.462. The average Bonchev–Trinajstić information content (AvgIpc) is 2.48. The lowest BCUT2D eigenvalue weighted by Crippen LogP contribution is -2.40. The highest BCUT2D eigenvalue weighted by Crippen LogP contribution is 2.36. The largest absolute Gasteiger partial charge is 0.327 e. The van der Waals surface area contributed by atoms with E-state index in [1.807, 2.05) is 25.1 Å². The zero-order chi connectivity index (χ0) is 10.9. The second kappa shape index (κ2) is 4.98. The maximum Gasteiger partial charge on any atom is 0.140 e. The van der Waals surface area contributed by atoms with E-state index in [2.05, 4.69) is 12.1 Å². The van der Waals surface area contributed by atoms with E-state index in [1.54, 1.807) is 0 Å². The highest BCUT2D eigenvalue weighted by molar-refractivity contribution is 5.87. The fourth-order valence-corrected chi connectivity index (χ4v) is 2.35. The molecule has 2 rings (SSSR count). The number of hydrogen-bond donors (Lipinski definition) is 1. The predicted molar refractivity (Wildman–Crippen MR) is 67.7 cm³/mol. The van der Waals surface area contributed by atoms with Gasteiger partial charge < -0.3 is 5.73 Å². The van der Waals surface area contributed by atoms with Gasteiger partial charge >= 0.3 is 0 Å². The molecule has 3 heteroatoms. The van der Waals surface area contributed by atoms with Crippen LogP contribution in [-0.4, -0.2) is 11.8 Å². The number of carbonyl (C=O) groups excluding carboxylic acids is 1. The third kappa shape index (κ3) is 2.28. The maximum atomic E-state index is 11.8. The number of Topliss-reactive ketones (excluding diaryl/α,β-unsaturated/α-hetero) is 1. The van der Waals surface area contributed by atoms with Gasteiger partial charge in [-0.1, -0.05) is 37.3 Å². The maximum absolute atomic E-state index is 11.8. The van der Waals surface area contributed by atoms with Crippen LogP contribution in [0, 0.1) is 5.41 Å². The van der Waals surface area contributed by atoms with Crippen LogP contribution in [0.15, 0.2) is 30.3 Å². The molecule has 2 N–H and O–H groups in total. The Labute approximate surface area is 103 Å². The van der Waals surface area contributed by atoms with E-state index in [4.69, 9.17) is 5.73 Å². The highest BCUT2D eigenvalue weighted by atomic mass is 35.5. The molecule has 0 radical (unpaired) electrons. The molecule has 0 saturated heterocycles. The van der Waals surface area contributed by atoms with Gasteiger partial charge in [0, 0.05) is 17.9 Å². The lowest BCUT2D eigenvalue weighted by molar-refractivity contribution is -0.125. The summed E-state index contributed by atoms with van der Waals surface area (Å²) in [5.41, 5.74) is 6.88. The molecule has 1 aliphatic carbocycles. The van der Waals surface area contributed by atoms with Gasteiger partial charge in [0.05, 0.1) is 0 Å². The van der Waals surface area contributed by atoms with Crippen molar-refractivity contribution in [2.45, 2.75) is 32.2 Å². The molecule has 88 valence electrons. The van der Waals surface area contributed by atoms with Gasteiger partial charge in [-0.3, -0.25) is 4.79 Å². The van der Waals surface area contributed by atoms with Crippen molar-refractivity contribution >= 4 is 18.2 Å². The standard InChI is InChI=1S/C13H17NO.ClH/c1-13(11(14)7-8-12(13)15)9-10-5-3-2-4-6-10;/h2-6,11H,7-9,14H2,1H3;1H.